The van der Waals surface area contributed by atoms with Gasteiger partial charge in [-0.15, -0.1) is 18.3 Å². The third-order valence-electron chi connectivity index (χ3n) is 9.51. The highest BCUT2D eigenvalue weighted by Crippen LogP contribution is 2.61. The van der Waals surface area contributed by atoms with Gasteiger partial charge < -0.3 is 24.4 Å². The maximum atomic E-state index is 14.8. The second-order valence-electron chi connectivity index (χ2n) is 12.1. The maximum Gasteiger partial charge on any atom is 0.312 e. The van der Waals surface area contributed by atoms with E-state index in [0.29, 0.717) is 24.8 Å². The van der Waals surface area contributed by atoms with Gasteiger partial charge in [0, 0.05) is 11.4 Å². The number of allylic oxidation sites excluding steroid dienone is 1. The molecule has 3 aliphatic rings. The molecule has 44 heavy (non-hydrogen) atoms. The molecule has 0 radical (unpaired) electrons. The van der Waals surface area contributed by atoms with Crippen molar-refractivity contribution in [1.29, 1.82) is 0 Å². The van der Waals surface area contributed by atoms with Gasteiger partial charge in [0.1, 0.15) is 23.8 Å². The van der Waals surface area contributed by atoms with Crippen molar-refractivity contribution in [1.82, 2.24) is 24.8 Å². The molecule has 1 spiro atoms. The number of benzene rings is 1. The van der Waals surface area contributed by atoms with Crippen LogP contribution in [0.4, 0.5) is 0 Å². The molecule has 0 aliphatic carbocycles. The van der Waals surface area contributed by atoms with Gasteiger partial charge in [-0.3, -0.25) is 14.4 Å². The van der Waals surface area contributed by atoms with Crippen LogP contribution in [-0.2, 0) is 30.5 Å². The number of aliphatic hydroxyl groups is 1. The molecule has 8 atom stereocenters. The van der Waals surface area contributed by atoms with E-state index in [9.17, 15) is 19.5 Å². The summed E-state index contributed by atoms with van der Waals surface area (Å²) in [7, 11) is 0. The van der Waals surface area contributed by atoms with Crippen molar-refractivity contribution >= 4 is 44.7 Å². The van der Waals surface area contributed by atoms with E-state index in [1.807, 2.05) is 44.2 Å². The number of ether oxygens (including phenoxy) is 2. The van der Waals surface area contributed by atoms with Crippen LogP contribution in [0.15, 0.2) is 49.6 Å². The highest BCUT2D eigenvalue weighted by Gasteiger charge is 2.77. The van der Waals surface area contributed by atoms with Gasteiger partial charge in [-0.2, -0.15) is 0 Å². The quantitative estimate of drug-likeness (QED) is 0.132. The molecule has 0 saturated carbocycles. The van der Waals surface area contributed by atoms with E-state index in [1.165, 1.54) is 4.90 Å². The Morgan fingerprint density at radius 3 is 2.77 bits per heavy atom. The highest BCUT2D eigenvalue weighted by molar-refractivity contribution is 9.09. The Morgan fingerprint density at radius 2 is 2.07 bits per heavy atom. The molecule has 1 aromatic heterocycles. The average Bonchev–Trinajstić information content (AvgIpc) is 3.74. The number of rotatable bonds is 15. The van der Waals surface area contributed by atoms with Gasteiger partial charge in [-0.05, 0) is 43.7 Å². The van der Waals surface area contributed by atoms with Gasteiger partial charge in [0.15, 0.2) is 0 Å². The minimum Gasteiger partial charge on any atom is -0.465 e. The Labute approximate surface area is 266 Å². The number of carbonyl (C=O) groups is 3. The third-order valence-corrected chi connectivity index (χ3v) is 10.4. The Hall–Kier alpha value is -3.09. The van der Waals surface area contributed by atoms with Gasteiger partial charge in [-0.25, -0.2) is 4.68 Å². The highest BCUT2D eigenvalue weighted by atomic mass is 79.9. The molecule has 12 heteroatoms. The fourth-order valence-corrected chi connectivity index (χ4v) is 8.12. The number of esters is 1. The molecule has 2 bridgehead atoms. The van der Waals surface area contributed by atoms with Gasteiger partial charge in [-0.1, -0.05) is 65.7 Å². The molecule has 3 fully saturated rings. The van der Waals surface area contributed by atoms with Crippen LogP contribution in [0.3, 0.4) is 0 Å². The molecule has 5 rings (SSSR count). The van der Waals surface area contributed by atoms with Crippen LogP contribution in [0.25, 0.3) is 11.0 Å². The number of carbonyl (C=O) groups excluding carboxylic acids is 3. The van der Waals surface area contributed by atoms with Crippen LogP contribution in [0, 0.1) is 17.8 Å². The van der Waals surface area contributed by atoms with Gasteiger partial charge >= 0.3 is 5.97 Å². The average molecular weight is 673 g/mol. The molecular weight excluding hydrogens is 630 g/mol. The van der Waals surface area contributed by atoms with E-state index in [0.717, 1.165) is 18.4 Å². The van der Waals surface area contributed by atoms with Crippen molar-refractivity contribution < 1.29 is 29.0 Å². The summed E-state index contributed by atoms with van der Waals surface area (Å²) in [6.45, 7) is 11.7. The van der Waals surface area contributed by atoms with Crippen LogP contribution in [0.1, 0.15) is 46.0 Å². The lowest BCUT2D eigenvalue weighted by molar-refractivity contribution is -0.157. The maximum absolute atomic E-state index is 14.8. The standard InChI is InChI=1S/C32H42BrN5O6/c1-5-8-9-12-16-43-31(42)25-26-29(40)38(24(18-39)20(4)7-3)28(32(26)17-21(33)27(25)44-32)30(41)36(15-6-2)19-37-23-14-11-10-13-22(23)34-35-37/h5-6,10-11,13-14,20-21,24-28,39H,1-2,7-9,12,15-19H2,3-4H3/t20-,21?,24-,25-,26-,27-,28?,32?/m0/s1. The summed E-state index contributed by atoms with van der Waals surface area (Å²) in [5.74, 6) is -3.11. The van der Waals surface area contributed by atoms with Crippen LogP contribution in [-0.4, -0.2) is 96.1 Å². The number of aromatic nitrogens is 3. The molecule has 3 saturated heterocycles. The first-order valence-corrected chi connectivity index (χ1v) is 16.4. The summed E-state index contributed by atoms with van der Waals surface area (Å²) in [4.78, 5) is 45.7. The summed E-state index contributed by atoms with van der Waals surface area (Å²) in [6.07, 6.45) is 6.20. The molecule has 238 valence electrons. The smallest absolute Gasteiger partial charge is 0.312 e. The van der Waals surface area contributed by atoms with Crippen LogP contribution in [0.2, 0.25) is 0 Å². The predicted octanol–water partition coefficient (Wildman–Crippen LogP) is 3.46. The van der Waals surface area contributed by atoms with E-state index in [2.05, 4.69) is 39.4 Å². The van der Waals surface area contributed by atoms with E-state index < -0.39 is 41.6 Å². The first-order valence-electron chi connectivity index (χ1n) is 15.4. The van der Waals surface area contributed by atoms with Crippen molar-refractivity contribution in [3.63, 3.8) is 0 Å². The number of likely N-dealkylation sites (tertiary alicyclic amines) is 1. The van der Waals surface area contributed by atoms with Crippen molar-refractivity contribution in [3.05, 3.63) is 49.6 Å². The van der Waals surface area contributed by atoms with Gasteiger partial charge in [0.25, 0.3) is 0 Å². The van der Waals surface area contributed by atoms with E-state index in [1.54, 1.807) is 15.7 Å². The summed E-state index contributed by atoms with van der Waals surface area (Å²) < 4.78 is 14.0. The van der Waals surface area contributed by atoms with Crippen LogP contribution < -0.4 is 0 Å². The lowest BCUT2D eigenvalue weighted by Gasteiger charge is -2.40. The number of aliphatic hydroxyl groups excluding tert-OH is 1. The van der Waals surface area contributed by atoms with Crippen molar-refractivity contribution in [2.24, 2.45) is 17.8 Å². The Morgan fingerprint density at radius 1 is 1.30 bits per heavy atom. The number of nitrogens with zero attached hydrogens (tertiary/aromatic N) is 5. The Balaban J connectivity index is 1.52. The molecule has 2 amide bonds. The van der Waals surface area contributed by atoms with E-state index in [-0.39, 0.29) is 49.0 Å². The zero-order chi connectivity index (χ0) is 31.6. The number of halogens is 1. The normalized spacial score (nSPS) is 28.6. The van der Waals surface area contributed by atoms with Crippen molar-refractivity contribution in [2.75, 3.05) is 19.8 Å². The number of amides is 2. The van der Waals surface area contributed by atoms with E-state index in [4.69, 9.17) is 9.47 Å². The van der Waals surface area contributed by atoms with Crippen LogP contribution >= 0.6 is 15.9 Å². The molecule has 3 unspecified atom stereocenters. The molecule has 4 heterocycles. The Bertz CT molecular complexity index is 1400. The summed E-state index contributed by atoms with van der Waals surface area (Å²) in [6, 6.07) is 5.74. The summed E-state index contributed by atoms with van der Waals surface area (Å²) in [5, 5.41) is 19.1. The summed E-state index contributed by atoms with van der Waals surface area (Å²) >= 11 is 3.71. The zero-order valence-corrected chi connectivity index (χ0v) is 27.0. The molecule has 2 aromatic rings. The lowest BCUT2D eigenvalue weighted by Crippen LogP contribution is -2.60. The van der Waals surface area contributed by atoms with E-state index >= 15 is 0 Å². The SMILES string of the molecule is C=CCCCCOC(=O)[C@H]1[C@H]2C(=O)N([C@@H](CO)[C@@H](C)CC)C(C(=O)N(CC=C)Cn3nnc4ccccc43)C23CC(Br)[C@@H]1O3. The second-order valence-corrected chi connectivity index (χ2v) is 13.2. The summed E-state index contributed by atoms with van der Waals surface area (Å²) in [5.41, 5.74) is 0.175. The molecule has 3 aliphatic heterocycles. The number of unbranched alkanes of at least 4 members (excludes halogenated alkanes) is 2. The fourth-order valence-electron chi connectivity index (χ4n) is 7.18. The molecular formula is C32H42BrN5O6. The molecule has 1 aromatic carbocycles. The number of para-hydroxylation sites is 1. The molecule has 11 nitrogen and oxygen atoms in total. The second kappa shape index (κ2) is 13.5. The van der Waals surface area contributed by atoms with Crippen LogP contribution in [0.5, 0.6) is 0 Å². The topological polar surface area (TPSA) is 127 Å². The molecule has 1 N–H and O–H groups in total. The first kappa shape index (κ1) is 32.3. The largest absolute Gasteiger partial charge is 0.465 e. The third kappa shape index (κ3) is 5.49. The number of hydrogen-bond donors (Lipinski definition) is 1. The Kier molecular flexibility index (Phi) is 9.91. The fraction of sp³-hybridized carbons (Fsp3) is 0.594. The number of fused-ring (bicyclic) bond motifs is 2. The number of alkyl halides is 1. The van der Waals surface area contributed by atoms with Crippen molar-refractivity contribution in [2.45, 2.75) is 81.2 Å². The monoisotopic (exact) mass is 671 g/mol. The minimum atomic E-state index is -1.27. The number of hydrogen-bond acceptors (Lipinski definition) is 8. The minimum absolute atomic E-state index is 0.0646. The van der Waals surface area contributed by atoms with Crippen molar-refractivity contribution in [3.8, 4) is 0 Å². The zero-order valence-electron chi connectivity index (χ0n) is 25.4. The lowest BCUT2D eigenvalue weighted by atomic mass is 9.70. The van der Waals surface area contributed by atoms with Gasteiger partial charge in [0.05, 0.1) is 42.7 Å². The predicted molar refractivity (Wildman–Crippen MR) is 167 cm³/mol. The first-order chi connectivity index (χ1) is 21.2. The van der Waals surface area contributed by atoms with Gasteiger partial charge in [0.2, 0.25) is 11.8 Å².